The van der Waals surface area contributed by atoms with Gasteiger partial charge in [-0.1, -0.05) is 58.0 Å². The first-order chi connectivity index (χ1) is 8.92. The second kappa shape index (κ2) is 5.88. The van der Waals surface area contributed by atoms with Crippen LogP contribution in [0.2, 0.25) is 0 Å². The third-order valence-corrected chi connectivity index (χ3v) is 5.53. The molecule has 1 saturated heterocycles. The number of benzene rings is 1. The van der Waals surface area contributed by atoms with Crippen molar-refractivity contribution >= 4 is 11.8 Å². The van der Waals surface area contributed by atoms with Crippen LogP contribution in [0.4, 0.5) is 0 Å². The van der Waals surface area contributed by atoms with Crippen molar-refractivity contribution in [2.75, 3.05) is 18.1 Å². The highest BCUT2D eigenvalue weighted by Gasteiger charge is 2.33. The average Bonchev–Trinajstić information content (AvgIpc) is 2.38. The van der Waals surface area contributed by atoms with E-state index in [1.165, 1.54) is 23.5 Å². The summed E-state index contributed by atoms with van der Waals surface area (Å²) < 4.78 is 0. The van der Waals surface area contributed by atoms with E-state index in [0.717, 1.165) is 6.54 Å². The number of thioether (sulfide) groups is 1. The lowest BCUT2D eigenvalue weighted by Crippen LogP contribution is -2.50. The standard InChI is InChI=1S/C17H27NS/c1-16(2)10-11-19-12-15(16)18-13-17(3,4)14-8-6-5-7-9-14/h5-9,15,18H,10-13H2,1-4H3. The highest BCUT2D eigenvalue weighted by atomic mass is 32.2. The molecule has 1 aliphatic heterocycles. The van der Waals surface area contributed by atoms with E-state index in [0.29, 0.717) is 11.5 Å². The zero-order chi connectivity index (χ0) is 13.9. The quantitative estimate of drug-likeness (QED) is 0.890. The normalized spacial score (nSPS) is 23.3. The Balaban J connectivity index is 1.98. The summed E-state index contributed by atoms with van der Waals surface area (Å²) in [5, 5.41) is 3.83. The molecule has 1 atom stereocenters. The van der Waals surface area contributed by atoms with E-state index in [4.69, 9.17) is 0 Å². The van der Waals surface area contributed by atoms with Gasteiger partial charge in [-0.3, -0.25) is 0 Å². The molecule has 2 heteroatoms. The van der Waals surface area contributed by atoms with Crippen molar-refractivity contribution in [3.05, 3.63) is 35.9 Å². The molecule has 106 valence electrons. The molecule has 1 aromatic carbocycles. The van der Waals surface area contributed by atoms with Crippen molar-refractivity contribution in [1.29, 1.82) is 0 Å². The Labute approximate surface area is 122 Å². The minimum atomic E-state index is 0.194. The highest BCUT2D eigenvalue weighted by Crippen LogP contribution is 2.34. The van der Waals surface area contributed by atoms with Gasteiger partial charge in [0.2, 0.25) is 0 Å². The average molecular weight is 277 g/mol. The Morgan fingerprint density at radius 2 is 1.95 bits per heavy atom. The summed E-state index contributed by atoms with van der Waals surface area (Å²) in [6.07, 6.45) is 1.32. The number of rotatable bonds is 4. The van der Waals surface area contributed by atoms with E-state index >= 15 is 0 Å². The first-order valence-corrected chi connectivity index (χ1v) is 8.44. The van der Waals surface area contributed by atoms with E-state index < -0.39 is 0 Å². The summed E-state index contributed by atoms with van der Waals surface area (Å²) in [6, 6.07) is 11.5. The minimum absolute atomic E-state index is 0.194. The molecule has 0 aliphatic carbocycles. The van der Waals surface area contributed by atoms with Crippen LogP contribution in [0.5, 0.6) is 0 Å². The van der Waals surface area contributed by atoms with Crippen LogP contribution < -0.4 is 5.32 Å². The van der Waals surface area contributed by atoms with Gasteiger partial charge in [-0.2, -0.15) is 11.8 Å². The van der Waals surface area contributed by atoms with Gasteiger partial charge < -0.3 is 5.32 Å². The molecular weight excluding hydrogens is 250 g/mol. The molecule has 1 aliphatic rings. The second-order valence-electron chi connectivity index (χ2n) is 7.00. The zero-order valence-electron chi connectivity index (χ0n) is 12.7. The van der Waals surface area contributed by atoms with E-state index in [9.17, 15) is 0 Å². The summed E-state index contributed by atoms with van der Waals surface area (Å²) >= 11 is 2.09. The van der Waals surface area contributed by atoms with Crippen LogP contribution in [0.25, 0.3) is 0 Å². The van der Waals surface area contributed by atoms with Crippen LogP contribution in [0, 0.1) is 5.41 Å². The molecule has 1 N–H and O–H groups in total. The van der Waals surface area contributed by atoms with Gasteiger partial charge in [-0.15, -0.1) is 0 Å². The first kappa shape index (κ1) is 14.9. The fraction of sp³-hybridized carbons (Fsp3) is 0.647. The molecule has 1 unspecified atom stereocenters. The van der Waals surface area contributed by atoms with E-state index in [-0.39, 0.29) is 5.41 Å². The predicted octanol–water partition coefficient (Wildman–Crippen LogP) is 4.09. The third kappa shape index (κ3) is 3.76. The van der Waals surface area contributed by atoms with Gasteiger partial charge in [0.25, 0.3) is 0 Å². The molecule has 1 fully saturated rings. The van der Waals surface area contributed by atoms with Gasteiger partial charge in [0.05, 0.1) is 0 Å². The third-order valence-electron chi connectivity index (χ3n) is 4.46. The van der Waals surface area contributed by atoms with Crippen molar-refractivity contribution in [2.24, 2.45) is 5.41 Å². The van der Waals surface area contributed by atoms with Gasteiger partial charge in [0.1, 0.15) is 0 Å². The van der Waals surface area contributed by atoms with Crippen molar-refractivity contribution < 1.29 is 0 Å². The fourth-order valence-electron chi connectivity index (χ4n) is 2.64. The van der Waals surface area contributed by atoms with Crippen LogP contribution in [0.1, 0.15) is 39.7 Å². The number of nitrogens with one attached hydrogen (secondary N) is 1. The van der Waals surface area contributed by atoms with Crippen LogP contribution >= 0.6 is 11.8 Å². The van der Waals surface area contributed by atoms with Crippen LogP contribution in [-0.2, 0) is 5.41 Å². The molecule has 0 amide bonds. The molecule has 1 heterocycles. The summed E-state index contributed by atoms with van der Waals surface area (Å²) in [4.78, 5) is 0. The minimum Gasteiger partial charge on any atom is -0.312 e. The van der Waals surface area contributed by atoms with E-state index in [2.05, 4.69) is 75.1 Å². The monoisotopic (exact) mass is 277 g/mol. The molecule has 0 aromatic heterocycles. The van der Waals surface area contributed by atoms with E-state index in [1.807, 2.05) is 0 Å². The van der Waals surface area contributed by atoms with Crippen LogP contribution in [-0.4, -0.2) is 24.1 Å². The topological polar surface area (TPSA) is 12.0 Å². The molecule has 1 nitrogen and oxygen atoms in total. The van der Waals surface area contributed by atoms with E-state index in [1.54, 1.807) is 0 Å². The smallest absolute Gasteiger partial charge is 0.0209 e. The number of hydrogen-bond acceptors (Lipinski definition) is 2. The molecule has 19 heavy (non-hydrogen) atoms. The summed E-state index contributed by atoms with van der Waals surface area (Å²) in [7, 11) is 0. The highest BCUT2D eigenvalue weighted by molar-refractivity contribution is 7.99. The molecule has 1 aromatic rings. The maximum atomic E-state index is 3.83. The van der Waals surface area contributed by atoms with Crippen molar-refractivity contribution in [3.8, 4) is 0 Å². The van der Waals surface area contributed by atoms with Gasteiger partial charge in [0.15, 0.2) is 0 Å². The van der Waals surface area contributed by atoms with Gasteiger partial charge in [-0.05, 0) is 23.2 Å². The maximum absolute atomic E-state index is 3.83. The first-order valence-electron chi connectivity index (χ1n) is 7.28. The molecule has 0 saturated carbocycles. The molecule has 0 spiro atoms. The lowest BCUT2D eigenvalue weighted by Gasteiger charge is -2.40. The second-order valence-corrected chi connectivity index (χ2v) is 8.15. The van der Waals surface area contributed by atoms with Crippen LogP contribution in [0.15, 0.2) is 30.3 Å². The molecular formula is C17H27NS. The van der Waals surface area contributed by atoms with Gasteiger partial charge in [0, 0.05) is 23.8 Å². The molecule has 0 radical (unpaired) electrons. The maximum Gasteiger partial charge on any atom is 0.0209 e. The van der Waals surface area contributed by atoms with Gasteiger partial charge >= 0.3 is 0 Å². The summed E-state index contributed by atoms with van der Waals surface area (Å²) in [5.74, 6) is 2.56. The summed E-state index contributed by atoms with van der Waals surface area (Å²) in [5.41, 5.74) is 2.04. The molecule has 0 bridgehead atoms. The van der Waals surface area contributed by atoms with Crippen LogP contribution in [0.3, 0.4) is 0 Å². The Morgan fingerprint density at radius 1 is 1.26 bits per heavy atom. The Kier molecular flexibility index (Phi) is 4.62. The zero-order valence-corrected chi connectivity index (χ0v) is 13.5. The largest absolute Gasteiger partial charge is 0.312 e. The Hall–Kier alpha value is -0.470. The van der Waals surface area contributed by atoms with Crippen molar-refractivity contribution in [2.45, 2.75) is 45.6 Å². The molecule has 2 rings (SSSR count). The Morgan fingerprint density at radius 3 is 2.58 bits per heavy atom. The lowest BCUT2D eigenvalue weighted by molar-refractivity contribution is 0.235. The summed E-state index contributed by atoms with van der Waals surface area (Å²) in [6.45, 7) is 10.5. The SMILES string of the molecule is CC(C)(CNC1CSCCC1(C)C)c1ccccc1. The van der Waals surface area contributed by atoms with Crippen molar-refractivity contribution in [3.63, 3.8) is 0 Å². The number of hydrogen-bond donors (Lipinski definition) is 1. The lowest BCUT2D eigenvalue weighted by atomic mass is 9.80. The predicted molar refractivity (Wildman–Crippen MR) is 87.0 cm³/mol. The van der Waals surface area contributed by atoms with Crippen molar-refractivity contribution in [1.82, 2.24) is 5.32 Å². The Bertz CT molecular complexity index is 397. The van der Waals surface area contributed by atoms with Gasteiger partial charge in [-0.25, -0.2) is 0 Å². The fourth-order valence-corrected chi connectivity index (χ4v) is 4.28.